The summed E-state index contributed by atoms with van der Waals surface area (Å²) in [5.41, 5.74) is 1.55. The number of rotatable bonds is 3. The fourth-order valence-electron chi connectivity index (χ4n) is 2.40. The minimum absolute atomic E-state index is 0.116. The second-order valence-corrected chi connectivity index (χ2v) is 5.28. The molecule has 0 radical (unpaired) electrons. The summed E-state index contributed by atoms with van der Waals surface area (Å²) in [5.74, 6) is -2.55. The molecule has 1 aliphatic heterocycles. The number of aryl methyl sites for hydroxylation is 1. The molecule has 2 unspecified atom stereocenters. The topological polar surface area (TPSA) is 58.2 Å². The van der Waals surface area contributed by atoms with E-state index in [0.717, 1.165) is 12.0 Å². The number of hydrogen-bond acceptors (Lipinski definition) is 2. The van der Waals surface area contributed by atoms with Crippen LogP contribution in [0.15, 0.2) is 24.3 Å². The van der Waals surface area contributed by atoms with Crippen LogP contribution in [-0.2, 0) is 16.0 Å². The molecule has 4 nitrogen and oxygen atoms in total. The lowest BCUT2D eigenvalue weighted by molar-refractivity contribution is -0.170. The molecule has 0 aromatic heterocycles. The van der Waals surface area contributed by atoms with Gasteiger partial charge in [-0.15, -0.1) is 0 Å². The van der Waals surface area contributed by atoms with Crippen LogP contribution in [0.2, 0.25) is 0 Å². The van der Waals surface area contributed by atoms with Crippen molar-refractivity contribution in [1.82, 2.24) is 5.32 Å². The highest BCUT2D eigenvalue weighted by Crippen LogP contribution is 2.29. The van der Waals surface area contributed by atoms with Crippen LogP contribution in [0.25, 0.3) is 0 Å². The van der Waals surface area contributed by atoms with Crippen molar-refractivity contribution >= 4 is 17.5 Å². The van der Waals surface area contributed by atoms with Gasteiger partial charge in [-0.1, -0.05) is 19.1 Å². The number of carbonyl (C=O) groups excluding carboxylic acids is 2. The second-order valence-electron chi connectivity index (χ2n) is 5.28. The highest BCUT2D eigenvalue weighted by molar-refractivity contribution is 6.06. The molecule has 0 saturated carbocycles. The van der Waals surface area contributed by atoms with Crippen molar-refractivity contribution in [3.63, 3.8) is 0 Å². The lowest BCUT2D eigenvalue weighted by Crippen LogP contribution is -2.53. The Morgan fingerprint density at radius 3 is 2.68 bits per heavy atom. The summed E-state index contributed by atoms with van der Waals surface area (Å²) in [6.45, 7) is 1.97. The van der Waals surface area contributed by atoms with Gasteiger partial charge in [0.25, 0.3) is 0 Å². The molecule has 1 aromatic carbocycles. The summed E-state index contributed by atoms with van der Waals surface area (Å²) in [6.07, 6.45) is -4.09. The summed E-state index contributed by atoms with van der Waals surface area (Å²) in [4.78, 5) is 23.8. The van der Waals surface area contributed by atoms with E-state index in [-0.39, 0.29) is 12.8 Å². The summed E-state index contributed by atoms with van der Waals surface area (Å²) in [7, 11) is 0. The maximum Gasteiger partial charge on any atom is 0.408 e. The third-order valence-electron chi connectivity index (χ3n) is 3.69. The monoisotopic (exact) mass is 314 g/mol. The molecule has 7 heteroatoms. The minimum atomic E-state index is -4.48. The molecule has 22 heavy (non-hydrogen) atoms. The molecule has 1 heterocycles. The van der Waals surface area contributed by atoms with E-state index in [1.54, 1.807) is 18.2 Å². The third-order valence-corrected chi connectivity index (χ3v) is 3.69. The normalized spacial score (nSPS) is 22.1. The second kappa shape index (κ2) is 6.37. The van der Waals surface area contributed by atoms with Crippen molar-refractivity contribution in [2.24, 2.45) is 5.92 Å². The lowest BCUT2D eigenvalue weighted by atomic mass is 9.92. The molecule has 2 rings (SSSR count). The number of nitrogens with one attached hydrogen (secondary N) is 2. The largest absolute Gasteiger partial charge is 0.408 e. The van der Waals surface area contributed by atoms with Crippen molar-refractivity contribution in [3.8, 4) is 0 Å². The number of carbonyl (C=O) groups is 2. The van der Waals surface area contributed by atoms with Crippen molar-refractivity contribution in [1.29, 1.82) is 0 Å². The van der Waals surface area contributed by atoms with Gasteiger partial charge in [-0.25, -0.2) is 0 Å². The first-order chi connectivity index (χ1) is 10.3. The highest BCUT2D eigenvalue weighted by atomic mass is 19.4. The SMILES string of the molecule is CCc1cccc(NC(=O)C2CCC(C(F)(F)F)NC2=O)c1. The lowest BCUT2D eigenvalue weighted by Gasteiger charge is -2.29. The Bertz CT molecular complexity index is 572. The average Bonchev–Trinajstić information content (AvgIpc) is 2.46. The molecule has 0 bridgehead atoms. The van der Waals surface area contributed by atoms with E-state index in [2.05, 4.69) is 5.32 Å². The van der Waals surface area contributed by atoms with E-state index in [1.807, 2.05) is 18.3 Å². The van der Waals surface area contributed by atoms with Gasteiger partial charge in [0.2, 0.25) is 11.8 Å². The maximum absolute atomic E-state index is 12.6. The van der Waals surface area contributed by atoms with Gasteiger partial charge >= 0.3 is 6.18 Å². The first kappa shape index (κ1) is 16.3. The summed E-state index contributed by atoms with van der Waals surface area (Å²) < 4.78 is 37.7. The van der Waals surface area contributed by atoms with Gasteiger partial charge in [0, 0.05) is 5.69 Å². The van der Waals surface area contributed by atoms with Gasteiger partial charge in [0.1, 0.15) is 12.0 Å². The number of alkyl halides is 3. The van der Waals surface area contributed by atoms with Crippen molar-refractivity contribution in [2.45, 2.75) is 38.4 Å². The Kier molecular flexibility index (Phi) is 4.73. The third kappa shape index (κ3) is 3.78. The first-order valence-electron chi connectivity index (χ1n) is 7.08. The van der Waals surface area contributed by atoms with Gasteiger partial charge in [0.05, 0.1) is 0 Å². The van der Waals surface area contributed by atoms with Crippen LogP contribution < -0.4 is 10.6 Å². The average molecular weight is 314 g/mol. The molecule has 2 N–H and O–H groups in total. The van der Waals surface area contributed by atoms with Crippen LogP contribution in [0.3, 0.4) is 0 Å². The number of piperidine rings is 1. The number of anilines is 1. The van der Waals surface area contributed by atoms with E-state index >= 15 is 0 Å². The molecular weight excluding hydrogens is 297 g/mol. The summed E-state index contributed by atoms with van der Waals surface area (Å²) in [6, 6.07) is 5.26. The summed E-state index contributed by atoms with van der Waals surface area (Å²) >= 11 is 0. The van der Waals surface area contributed by atoms with E-state index in [1.165, 1.54) is 0 Å². The van der Waals surface area contributed by atoms with E-state index in [9.17, 15) is 22.8 Å². The quantitative estimate of drug-likeness (QED) is 0.843. The standard InChI is InChI=1S/C15H17F3N2O2/c1-2-9-4-3-5-10(8-9)19-13(21)11-6-7-12(15(16,17)18)20-14(11)22/h3-5,8,11-12H,2,6-7H2,1H3,(H,19,21)(H,20,22). The number of hydrogen-bond donors (Lipinski definition) is 2. The predicted octanol–water partition coefficient (Wildman–Crippen LogP) is 2.64. The zero-order valence-corrected chi connectivity index (χ0v) is 12.0. The first-order valence-corrected chi connectivity index (χ1v) is 7.08. The number of benzene rings is 1. The molecule has 2 amide bonds. The van der Waals surface area contributed by atoms with Crippen LogP contribution in [0.5, 0.6) is 0 Å². The zero-order valence-electron chi connectivity index (χ0n) is 12.0. The summed E-state index contributed by atoms with van der Waals surface area (Å²) in [5, 5.41) is 4.46. The van der Waals surface area contributed by atoms with E-state index in [0.29, 0.717) is 5.69 Å². The van der Waals surface area contributed by atoms with Crippen LogP contribution in [-0.4, -0.2) is 24.0 Å². The fraction of sp³-hybridized carbons (Fsp3) is 0.467. The molecule has 120 valence electrons. The Morgan fingerprint density at radius 1 is 1.36 bits per heavy atom. The number of halogens is 3. The van der Waals surface area contributed by atoms with Crippen LogP contribution in [0.1, 0.15) is 25.3 Å². The van der Waals surface area contributed by atoms with Gasteiger partial charge in [-0.05, 0) is 37.0 Å². The molecular formula is C15H17F3N2O2. The Hall–Kier alpha value is -2.05. The molecule has 1 aliphatic rings. The Morgan fingerprint density at radius 2 is 2.09 bits per heavy atom. The smallest absolute Gasteiger partial charge is 0.344 e. The minimum Gasteiger partial charge on any atom is -0.344 e. The van der Waals surface area contributed by atoms with Crippen LogP contribution in [0, 0.1) is 5.92 Å². The Balaban J connectivity index is 2.00. The van der Waals surface area contributed by atoms with Gasteiger partial charge in [-0.3, -0.25) is 9.59 Å². The van der Waals surface area contributed by atoms with Gasteiger partial charge in [-0.2, -0.15) is 13.2 Å². The molecule has 0 aliphatic carbocycles. The van der Waals surface area contributed by atoms with Crippen molar-refractivity contribution in [3.05, 3.63) is 29.8 Å². The highest BCUT2D eigenvalue weighted by Gasteiger charge is 2.45. The van der Waals surface area contributed by atoms with E-state index in [4.69, 9.17) is 0 Å². The van der Waals surface area contributed by atoms with Crippen molar-refractivity contribution in [2.75, 3.05) is 5.32 Å². The van der Waals surface area contributed by atoms with Crippen LogP contribution in [0.4, 0.5) is 18.9 Å². The fourth-order valence-corrected chi connectivity index (χ4v) is 2.40. The van der Waals surface area contributed by atoms with Gasteiger partial charge in [0.15, 0.2) is 0 Å². The predicted molar refractivity (Wildman–Crippen MR) is 75.2 cm³/mol. The molecule has 1 saturated heterocycles. The molecule has 1 aromatic rings. The van der Waals surface area contributed by atoms with Crippen molar-refractivity contribution < 1.29 is 22.8 Å². The molecule has 1 fully saturated rings. The Labute approximate surface area is 126 Å². The number of amides is 2. The maximum atomic E-state index is 12.6. The molecule has 2 atom stereocenters. The van der Waals surface area contributed by atoms with Gasteiger partial charge < -0.3 is 10.6 Å². The zero-order chi connectivity index (χ0) is 16.3. The molecule has 0 spiro atoms. The van der Waals surface area contributed by atoms with Crippen LogP contribution >= 0.6 is 0 Å². The van der Waals surface area contributed by atoms with E-state index < -0.39 is 30.0 Å².